The van der Waals surface area contributed by atoms with Gasteiger partial charge in [-0.2, -0.15) is 0 Å². The van der Waals surface area contributed by atoms with Crippen LogP contribution in [-0.2, 0) is 14.3 Å². The van der Waals surface area contributed by atoms with Crippen molar-refractivity contribution in [1.29, 1.82) is 0 Å². The van der Waals surface area contributed by atoms with E-state index < -0.39 is 30.4 Å². The zero-order valence-electron chi connectivity index (χ0n) is 14.4. The fraction of sp³-hybridized carbons (Fsp3) is 0.529. The number of nitrogens with one attached hydrogen (secondary N) is 3. The predicted octanol–water partition coefficient (Wildman–Crippen LogP) is 1.10. The molecule has 0 unspecified atom stereocenters. The van der Waals surface area contributed by atoms with Gasteiger partial charge < -0.3 is 19.8 Å². The van der Waals surface area contributed by atoms with Crippen LogP contribution < -0.4 is 16.0 Å². The first-order valence-electron chi connectivity index (χ1n) is 8.62. The van der Waals surface area contributed by atoms with Crippen molar-refractivity contribution in [3.05, 3.63) is 24.2 Å². The molecule has 3 N–H and O–H groups in total. The van der Waals surface area contributed by atoms with Crippen LogP contribution in [0.5, 0.6) is 0 Å². The highest BCUT2D eigenvalue weighted by atomic mass is 16.5. The van der Waals surface area contributed by atoms with Crippen LogP contribution >= 0.6 is 0 Å². The Morgan fingerprint density at radius 1 is 1.15 bits per heavy atom. The van der Waals surface area contributed by atoms with Crippen molar-refractivity contribution < 1.29 is 28.3 Å². The lowest BCUT2D eigenvalue weighted by Crippen LogP contribution is -2.46. The Hall–Kier alpha value is -2.84. The summed E-state index contributed by atoms with van der Waals surface area (Å²) in [4.78, 5) is 46.4. The third-order valence-electron chi connectivity index (χ3n) is 3.92. The fourth-order valence-electron chi connectivity index (χ4n) is 2.62. The molecule has 0 saturated heterocycles. The molecule has 0 aromatic carbocycles. The topological polar surface area (TPSA) is 127 Å². The van der Waals surface area contributed by atoms with Crippen molar-refractivity contribution in [2.24, 2.45) is 0 Å². The summed E-state index contributed by atoms with van der Waals surface area (Å²) in [6.07, 6.45) is 6.36. The summed E-state index contributed by atoms with van der Waals surface area (Å²) < 4.78 is 9.67. The van der Waals surface area contributed by atoms with Gasteiger partial charge in [0.1, 0.15) is 0 Å². The van der Waals surface area contributed by atoms with Gasteiger partial charge in [-0.1, -0.05) is 19.3 Å². The highest BCUT2D eigenvalue weighted by molar-refractivity contribution is 5.95. The first kappa shape index (κ1) is 19.5. The first-order valence-corrected chi connectivity index (χ1v) is 8.62. The van der Waals surface area contributed by atoms with Crippen LogP contribution in [0.3, 0.4) is 0 Å². The Kier molecular flexibility index (Phi) is 7.66. The molecule has 1 aliphatic carbocycles. The van der Waals surface area contributed by atoms with Gasteiger partial charge >= 0.3 is 12.0 Å². The molecule has 0 atom stereocenters. The first-order chi connectivity index (χ1) is 12.5. The molecule has 1 aliphatic rings. The molecule has 1 aromatic heterocycles. The van der Waals surface area contributed by atoms with E-state index >= 15 is 0 Å². The molecule has 1 aromatic rings. The lowest BCUT2D eigenvalue weighted by molar-refractivity contribution is -0.148. The lowest BCUT2D eigenvalue weighted by atomic mass is 9.96. The van der Waals surface area contributed by atoms with Gasteiger partial charge in [0, 0.05) is 12.6 Å². The van der Waals surface area contributed by atoms with E-state index in [-0.39, 0.29) is 24.8 Å². The van der Waals surface area contributed by atoms with Gasteiger partial charge in [-0.15, -0.1) is 0 Å². The van der Waals surface area contributed by atoms with Gasteiger partial charge in [-0.3, -0.25) is 19.7 Å². The number of amides is 4. The summed E-state index contributed by atoms with van der Waals surface area (Å²) in [7, 11) is 0. The van der Waals surface area contributed by atoms with Crippen LogP contribution in [0.15, 0.2) is 22.8 Å². The minimum Gasteiger partial charge on any atom is -0.459 e. The van der Waals surface area contributed by atoms with E-state index in [9.17, 15) is 19.2 Å². The molecule has 142 valence electrons. The third kappa shape index (κ3) is 6.96. The van der Waals surface area contributed by atoms with Gasteiger partial charge in [-0.05, 0) is 25.0 Å². The van der Waals surface area contributed by atoms with Crippen LogP contribution in [0.25, 0.3) is 0 Å². The van der Waals surface area contributed by atoms with Gasteiger partial charge in [0.2, 0.25) is 0 Å². The van der Waals surface area contributed by atoms with Crippen molar-refractivity contribution in [1.82, 2.24) is 16.0 Å². The normalized spacial score (nSPS) is 14.3. The van der Waals surface area contributed by atoms with Crippen LogP contribution in [0.2, 0.25) is 0 Å². The van der Waals surface area contributed by atoms with Crippen LogP contribution in [0, 0.1) is 0 Å². The van der Waals surface area contributed by atoms with Gasteiger partial charge in [0.15, 0.2) is 12.4 Å². The molecular weight excluding hydrogens is 342 g/mol. The van der Waals surface area contributed by atoms with Crippen LogP contribution in [0.4, 0.5) is 4.79 Å². The molecule has 4 amide bonds. The van der Waals surface area contributed by atoms with Crippen molar-refractivity contribution >= 4 is 23.8 Å². The number of imide groups is 1. The maximum Gasteiger partial charge on any atom is 0.321 e. The molecule has 0 spiro atoms. The highest BCUT2D eigenvalue weighted by Crippen LogP contribution is 2.17. The number of carbonyl (C=O) groups is 4. The molecule has 1 heterocycles. The summed E-state index contributed by atoms with van der Waals surface area (Å²) in [6.45, 7) is -0.509. The van der Waals surface area contributed by atoms with E-state index in [1.54, 1.807) is 6.07 Å². The molecule has 1 fully saturated rings. The lowest BCUT2D eigenvalue weighted by Gasteiger charge is -2.22. The second-order valence-corrected chi connectivity index (χ2v) is 6.00. The Morgan fingerprint density at radius 3 is 2.62 bits per heavy atom. The molecule has 0 aliphatic heterocycles. The van der Waals surface area contributed by atoms with Crippen LogP contribution in [0.1, 0.15) is 49.1 Å². The largest absolute Gasteiger partial charge is 0.459 e. The number of furan rings is 1. The molecule has 0 bridgehead atoms. The van der Waals surface area contributed by atoms with Crippen molar-refractivity contribution in [3.63, 3.8) is 0 Å². The molecule has 1 saturated carbocycles. The van der Waals surface area contributed by atoms with E-state index in [2.05, 4.69) is 16.0 Å². The van der Waals surface area contributed by atoms with E-state index in [1.165, 1.54) is 12.3 Å². The number of hydrogen-bond donors (Lipinski definition) is 3. The Morgan fingerprint density at radius 2 is 1.92 bits per heavy atom. The summed E-state index contributed by atoms with van der Waals surface area (Å²) in [5, 5.41) is 7.34. The van der Waals surface area contributed by atoms with Crippen molar-refractivity contribution in [3.8, 4) is 0 Å². The Labute approximate surface area is 150 Å². The summed E-state index contributed by atoms with van der Waals surface area (Å²) in [5.74, 6) is -1.67. The van der Waals surface area contributed by atoms with Crippen LogP contribution in [-0.4, -0.2) is 43.0 Å². The Balaban J connectivity index is 1.55. The molecule has 2 rings (SSSR count). The number of ether oxygens (including phenoxy) is 1. The highest BCUT2D eigenvalue weighted by Gasteiger charge is 2.17. The maximum absolute atomic E-state index is 11.7. The molecule has 26 heavy (non-hydrogen) atoms. The third-order valence-corrected chi connectivity index (χ3v) is 3.92. The summed E-state index contributed by atoms with van der Waals surface area (Å²) in [5.41, 5.74) is 0. The second-order valence-electron chi connectivity index (χ2n) is 6.00. The number of carbonyl (C=O) groups excluding carboxylic acids is 4. The van der Waals surface area contributed by atoms with E-state index in [0.717, 1.165) is 32.1 Å². The molecule has 9 heteroatoms. The molecule has 9 nitrogen and oxygen atoms in total. The number of hydrogen-bond acceptors (Lipinski definition) is 6. The van der Waals surface area contributed by atoms with E-state index in [1.807, 2.05) is 0 Å². The maximum atomic E-state index is 11.7. The number of urea groups is 1. The van der Waals surface area contributed by atoms with E-state index in [4.69, 9.17) is 9.15 Å². The van der Waals surface area contributed by atoms with Gasteiger partial charge in [-0.25, -0.2) is 4.79 Å². The Bertz CT molecular complexity index is 622. The summed E-state index contributed by atoms with van der Waals surface area (Å²) >= 11 is 0. The quantitative estimate of drug-likeness (QED) is 0.621. The fourth-order valence-corrected chi connectivity index (χ4v) is 2.62. The van der Waals surface area contributed by atoms with E-state index in [0.29, 0.717) is 0 Å². The molecular formula is C17H23N3O6. The second kappa shape index (κ2) is 10.2. The zero-order chi connectivity index (χ0) is 18.8. The number of rotatable bonds is 7. The van der Waals surface area contributed by atoms with Gasteiger partial charge in [0.05, 0.1) is 12.7 Å². The molecule has 0 radical (unpaired) electrons. The smallest absolute Gasteiger partial charge is 0.321 e. The zero-order valence-corrected chi connectivity index (χ0v) is 14.4. The minimum atomic E-state index is -0.703. The monoisotopic (exact) mass is 365 g/mol. The van der Waals surface area contributed by atoms with Crippen molar-refractivity contribution in [2.75, 3.05) is 13.2 Å². The number of esters is 1. The minimum absolute atomic E-state index is 0.0438. The van der Waals surface area contributed by atoms with Gasteiger partial charge in [0.25, 0.3) is 11.8 Å². The van der Waals surface area contributed by atoms with Crippen molar-refractivity contribution in [2.45, 2.75) is 44.6 Å². The average Bonchev–Trinajstić information content (AvgIpc) is 3.15. The summed E-state index contributed by atoms with van der Waals surface area (Å²) in [6, 6.07) is 2.57. The predicted molar refractivity (Wildman–Crippen MR) is 90.2 cm³/mol. The SMILES string of the molecule is O=C(COC(=O)CCNC(=O)c1ccco1)NC(=O)NC1CCCCC1. The standard InChI is InChI=1S/C17H23N3O6/c21-14(20-17(24)19-12-5-2-1-3-6-12)11-26-15(22)8-9-18-16(23)13-7-4-10-25-13/h4,7,10,12H,1-3,5-6,8-9,11H2,(H,18,23)(H2,19,20,21,24). The average molecular weight is 365 g/mol.